The first kappa shape index (κ1) is 15.9. The number of likely N-dealkylation sites (tertiary alicyclic amines) is 1. The van der Waals surface area contributed by atoms with Crippen molar-refractivity contribution in [3.8, 4) is 11.4 Å². The van der Waals surface area contributed by atoms with Gasteiger partial charge in [-0.15, -0.1) is 0 Å². The molecule has 0 amide bonds. The Balaban J connectivity index is 1.48. The van der Waals surface area contributed by atoms with E-state index in [0.29, 0.717) is 29.9 Å². The van der Waals surface area contributed by atoms with E-state index in [1.165, 1.54) is 17.7 Å². The number of non-ortho nitro benzene ring substituents is 1. The lowest BCUT2D eigenvalue weighted by Gasteiger charge is -2.21. The molecule has 0 spiro atoms. The third kappa shape index (κ3) is 3.31. The van der Waals surface area contributed by atoms with Crippen molar-refractivity contribution in [2.24, 2.45) is 0 Å². The first-order chi connectivity index (χ1) is 12.2. The van der Waals surface area contributed by atoms with E-state index in [-0.39, 0.29) is 5.69 Å². The van der Waals surface area contributed by atoms with Gasteiger partial charge in [-0.2, -0.15) is 16.3 Å². The summed E-state index contributed by atoms with van der Waals surface area (Å²) < 4.78 is 5.39. The third-order valence-corrected chi connectivity index (χ3v) is 5.14. The Bertz CT molecular complexity index is 860. The minimum atomic E-state index is -0.427. The Labute approximate surface area is 148 Å². The Hall–Kier alpha value is -2.58. The van der Waals surface area contributed by atoms with Crippen molar-refractivity contribution in [1.82, 2.24) is 15.0 Å². The average Bonchev–Trinajstić information content (AvgIpc) is 3.37. The molecule has 3 heterocycles. The van der Waals surface area contributed by atoms with Gasteiger partial charge in [-0.25, -0.2) is 0 Å². The summed E-state index contributed by atoms with van der Waals surface area (Å²) in [6.45, 7) is 1.62. The number of benzene rings is 1. The minimum absolute atomic E-state index is 0.0446. The lowest BCUT2D eigenvalue weighted by atomic mass is 10.1. The maximum atomic E-state index is 10.7. The van der Waals surface area contributed by atoms with Crippen LogP contribution in [0.1, 0.15) is 30.3 Å². The molecule has 0 radical (unpaired) electrons. The fourth-order valence-electron chi connectivity index (χ4n) is 3.20. The summed E-state index contributed by atoms with van der Waals surface area (Å²) in [5, 5.41) is 19.0. The first-order valence-corrected chi connectivity index (χ1v) is 8.98. The Morgan fingerprint density at radius 2 is 2.16 bits per heavy atom. The number of nitro groups is 1. The van der Waals surface area contributed by atoms with Crippen molar-refractivity contribution in [3.05, 3.63) is 62.7 Å². The van der Waals surface area contributed by atoms with Crippen molar-refractivity contribution in [2.45, 2.75) is 25.4 Å². The second-order valence-corrected chi connectivity index (χ2v) is 6.78. The van der Waals surface area contributed by atoms with Crippen molar-refractivity contribution >= 4 is 17.0 Å². The van der Waals surface area contributed by atoms with Crippen LogP contribution >= 0.6 is 11.3 Å². The maximum absolute atomic E-state index is 10.7. The monoisotopic (exact) mass is 356 g/mol. The second-order valence-electron chi connectivity index (χ2n) is 6.00. The molecule has 3 aromatic rings. The fourth-order valence-corrected chi connectivity index (χ4v) is 3.91. The molecule has 1 fully saturated rings. The fraction of sp³-hybridized carbons (Fsp3) is 0.294. The summed E-state index contributed by atoms with van der Waals surface area (Å²) in [7, 11) is 0. The van der Waals surface area contributed by atoms with Crippen LogP contribution in [0.3, 0.4) is 0 Å². The first-order valence-electron chi connectivity index (χ1n) is 8.04. The Morgan fingerprint density at radius 3 is 2.88 bits per heavy atom. The highest BCUT2D eigenvalue weighted by Gasteiger charge is 2.27. The summed E-state index contributed by atoms with van der Waals surface area (Å²) in [5.41, 5.74) is 2.09. The van der Waals surface area contributed by atoms with E-state index in [1.54, 1.807) is 23.5 Å². The highest BCUT2D eigenvalue weighted by atomic mass is 32.1. The number of nitrogens with zero attached hydrogens (tertiary/aromatic N) is 4. The number of thiophene rings is 1. The predicted octanol–water partition coefficient (Wildman–Crippen LogP) is 4.04. The van der Waals surface area contributed by atoms with Gasteiger partial charge in [0, 0.05) is 23.7 Å². The molecule has 1 aromatic carbocycles. The molecule has 1 aliphatic heterocycles. The summed E-state index contributed by atoms with van der Waals surface area (Å²) >= 11 is 1.71. The van der Waals surface area contributed by atoms with E-state index >= 15 is 0 Å². The number of hydrogen-bond donors (Lipinski definition) is 0. The molecule has 2 aromatic heterocycles. The van der Waals surface area contributed by atoms with Crippen molar-refractivity contribution < 1.29 is 9.45 Å². The second kappa shape index (κ2) is 6.73. The highest BCUT2D eigenvalue weighted by molar-refractivity contribution is 7.07. The van der Waals surface area contributed by atoms with Crippen molar-refractivity contribution in [2.75, 3.05) is 6.54 Å². The van der Waals surface area contributed by atoms with Gasteiger partial charge in [0.1, 0.15) is 0 Å². The zero-order chi connectivity index (χ0) is 17.2. The maximum Gasteiger partial charge on any atom is 0.269 e. The molecule has 1 aliphatic rings. The van der Waals surface area contributed by atoms with Crippen LogP contribution in [-0.4, -0.2) is 26.5 Å². The van der Waals surface area contributed by atoms with E-state index in [4.69, 9.17) is 4.52 Å². The zero-order valence-corrected chi connectivity index (χ0v) is 14.2. The highest BCUT2D eigenvalue weighted by Crippen LogP contribution is 2.34. The van der Waals surface area contributed by atoms with Crippen molar-refractivity contribution in [1.29, 1.82) is 0 Å². The van der Waals surface area contributed by atoms with E-state index in [1.807, 2.05) is 0 Å². The van der Waals surface area contributed by atoms with Gasteiger partial charge in [-0.3, -0.25) is 15.0 Å². The molecule has 25 heavy (non-hydrogen) atoms. The number of rotatable bonds is 5. The van der Waals surface area contributed by atoms with E-state index in [2.05, 4.69) is 31.9 Å². The zero-order valence-electron chi connectivity index (χ0n) is 13.4. The molecule has 4 rings (SSSR count). The average molecular weight is 356 g/mol. The molecule has 0 unspecified atom stereocenters. The Kier molecular flexibility index (Phi) is 4.29. The lowest BCUT2D eigenvalue weighted by molar-refractivity contribution is -0.384. The molecule has 0 N–H and O–H groups in total. The molecule has 1 atom stereocenters. The molecule has 128 valence electrons. The minimum Gasteiger partial charge on any atom is -0.338 e. The van der Waals surface area contributed by atoms with Crippen LogP contribution in [0.4, 0.5) is 5.69 Å². The molecule has 0 saturated carbocycles. The standard InChI is InChI=1S/C17H16N4O3S/c22-21(23)14-5-3-12(4-6-14)17-18-16(24-19-17)10-20-8-1-2-15(20)13-7-9-25-11-13/h3-7,9,11,15H,1-2,8,10H2/t15-/m1/s1. The van der Waals surface area contributed by atoms with Gasteiger partial charge >= 0.3 is 0 Å². The van der Waals surface area contributed by atoms with E-state index in [9.17, 15) is 10.1 Å². The molecule has 1 saturated heterocycles. The molecule has 0 aliphatic carbocycles. The van der Waals surface area contributed by atoms with Crippen LogP contribution in [0.15, 0.2) is 45.6 Å². The predicted molar refractivity (Wildman–Crippen MR) is 93.1 cm³/mol. The summed E-state index contributed by atoms with van der Waals surface area (Å²) in [6.07, 6.45) is 2.30. The molecule has 7 nitrogen and oxygen atoms in total. The third-order valence-electron chi connectivity index (χ3n) is 4.43. The van der Waals surface area contributed by atoms with Gasteiger partial charge in [0.2, 0.25) is 11.7 Å². The van der Waals surface area contributed by atoms with Crippen molar-refractivity contribution in [3.63, 3.8) is 0 Å². The smallest absolute Gasteiger partial charge is 0.269 e. The summed E-state index contributed by atoms with van der Waals surface area (Å²) in [4.78, 5) is 17.1. The molecule has 0 bridgehead atoms. The Morgan fingerprint density at radius 1 is 1.32 bits per heavy atom. The quantitative estimate of drug-likeness (QED) is 0.506. The summed E-state index contributed by atoms with van der Waals surface area (Å²) in [5.74, 6) is 1.02. The van der Waals surface area contributed by atoms with E-state index < -0.39 is 4.92 Å². The van der Waals surface area contributed by atoms with Gasteiger partial charge in [0.15, 0.2) is 0 Å². The molecular weight excluding hydrogens is 340 g/mol. The molecule has 8 heteroatoms. The topological polar surface area (TPSA) is 85.3 Å². The number of nitro benzene ring substituents is 1. The van der Waals surface area contributed by atoms with Gasteiger partial charge in [0.05, 0.1) is 11.5 Å². The number of hydrogen-bond acceptors (Lipinski definition) is 7. The number of aromatic nitrogens is 2. The molecular formula is C17H16N4O3S. The van der Waals surface area contributed by atoms with Gasteiger partial charge in [-0.1, -0.05) is 5.16 Å². The van der Waals surface area contributed by atoms with Crippen LogP contribution in [0.5, 0.6) is 0 Å². The van der Waals surface area contributed by atoms with Gasteiger partial charge in [-0.05, 0) is 53.9 Å². The van der Waals surface area contributed by atoms with Gasteiger partial charge < -0.3 is 4.52 Å². The van der Waals surface area contributed by atoms with Gasteiger partial charge in [0.25, 0.3) is 5.69 Å². The van der Waals surface area contributed by atoms with Crippen LogP contribution in [0.2, 0.25) is 0 Å². The van der Waals surface area contributed by atoms with Crippen LogP contribution in [-0.2, 0) is 6.54 Å². The summed E-state index contributed by atoms with van der Waals surface area (Å²) in [6, 6.07) is 8.73. The van der Waals surface area contributed by atoms with Crippen LogP contribution < -0.4 is 0 Å². The normalized spacial score (nSPS) is 17.8. The van der Waals surface area contributed by atoms with Crippen LogP contribution in [0, 0.1) is 10.1 Å². The van der Waals surface area contributed by atoms with Crippen LogP contribution in [0.25, 0.3) is 11.4 Å². The largest absolute Gasteiger partial charge is 0.338 e. The SMILES string of the molecule is O=[N+]([O-])c1ccc(-c2noc(CN3CCC[C@@H]3c3ccsc3)n2)cc1. The lowest BCUT2D eigenvalue weighted by Crippen LogP contribution is -2.22. The van der Waals surface area contributed by atoms with E-state index in [0.717, 1.165) is 19.4 Å².